The lowest BCUT2D eigenvalue weighted by molar-refractivity contribution is 0.303. The maximum absolute atomic E-state index is 5.96. The Hall–Kier alpha value is -1.97. The van der Waals surface area contributed by atoms with Crippen LogP contribution in [0, 0.1) is 20.8 Å². The Balaban J connectivity index is 2.19. The molecule has 0 aliphatic carbocycles. The van der Waals surface area contributed by atoms with E-state index in [9.17, 15) is 0 Å². The van der Waals surface area contributed by atoms with E-state index in [-0.39, 0.29) is 0 Å². The van der Waals surface area contributed by atoms with Crippen LogP contribution in [-0.4, -0.2) is 9.78 Å². The van der Waals surface area contributed by atoms with E-state index in [1.165, 1.54) is 5.56 Å². The van der Waals surface area contributed by atoms with Gasteiger partial charge in [-0.15, -0.1) is 0 Å². The first-order valence-corrected chi connectivity index (χ1v) is 5.97. The van der Waals surface area contributed by atoms with Gasteiger partial charge in [-0.05, 0) is 38.0 Å². The molecule has 4 heteroatoms. The Morgan fingerprint density at radius 1 is 1.28 bits per heavy atom. The zero-order valence-electron chi connectivity index (χ0n) is 11.3. The van der Waals surface area contributed by atoms with Crippen LogP contribution in [0.25, 0.3) is 0 Å². The fourth-order valence-electron chi connectivity index (χ4n) is 1.93. The van der Waals surface area contributed by atoms with Crippen molar-refractivity contribution in [2.75, 3.05) is 5.73 Å². The highest BCUT2D eigenvalue weighted by Crippen LogP contribution is 2.23. The number of benzene rings is 1. The van der Waals surface area contributed by atoms with Crippen LogP contribution < -0.4 is 10.5 Å². The van der Waals surface area contributed by atoms with Gasteiger partial charge in [-0.1, -0.05) is 12.1 Å². The highest BCUT2D eigenvalue weighted by molar-refractivity contribution is 5.43. The SMILES string of the molecule is Cc1cccc(OCc2c(C)nn(C)c2N)c1C. The Morgan fingerprint density at radius 3 is 2.61 bits per heavy atom. The van der Waals surface area contributed by atoms with E-state index in [1.54, 1.807) is 4.68 Å². The zero-order chi connectivity index (χ0) is 13.3. The van der Waals surface area contributed by atoms with Crippen molar-refractivity contribution in [1.29, 1.82) is 0 Å². The molecule has 1 aromatic carbocycles. The van der Waals surface area contributed by atoms with Crippen molar-refractivity contribution in [3.8, 4) is 5.75 Å². The molecule has 0 unspecified atom stereocenters. The molecule has 0 spiro atoms. The lowest BCUT2D eigenvalue weighted by Gasteiger charge is -2.10. The number of hydrogen-bond donors (Lipinski definition) is 1. The second-order valence-corrected chi connectivity index (χ2v) is 4.56. The van der Waals surface area contributed by atoms with E-state index in [0.29, 0.717) is 12.4 Å². The van der Waals surface area contributed by atoms with Crippen molar-refractivity contribution in [1.82, 2.24) is 9.78 Å². The quantitative estimate of drug-likeness (QED) is 0.904. The van der Waals surface area contributed by atoms with Gasteiger partial charge in [0.2, 0.25) is 0 Å². The Kier molecular flexibility index (Phi) is 3.28. The average molecular weight is 245 g/mol. The summed E-state index contributed by atoms with van der Waals surface area (Å²) in [5, 5.41) is 4.27. The van der Waals surface area contributed by atoms with Crippen LogP contribution in [0.5, 0.6) is 5.75 Å². The monoisotopic (exact) mass is 245 g/mol. The molecule has 0 radical (unpaired) electrons. The number of aromatic nitrogens is 2. The summed E-state index contributed by atoms with van der Waals surface area (Å²) in [6, 6.07) is 6.05. The molecule has 2 N–H and O–H groups in total. The lowest BCUT2D eigenvalue weighted by atomic mass is 10.1. The molecule has 0 atom stereocenters. The van der Waals surface area contributed by atoms with E-state index in [2.05, 4.69) is 25.0 Å². The number of ether oxygens (including phenoxy) is 1. The van der Waals surface area contributed by atoms with Gasteiger partial charge in [0.1, 0.15) is 18.2 Å². The predicted molar refractivity (Wildman–Crippen MR) is 72.6 cm³/mol. The number of anilines is 1. The molecule has 0 fully saturated rings. The molecule has 4 nitrogen and oxygen atoms in total. The molecule has 18 heavy (non-hydrogen) atoms. The molecule has 2 aromatic rings. The van der Waals surface area contributed by atoms with Crippen molar-refractivity contribution in [2.24, 2.45) is 7.05 Å². The zero-order valence-corrected chi connectivity index (χ0v) is 11.3. The molecular weight excluding hydrogens is 226 g/mol. The molecule has 0 amide bonds. The largest absolute Gasteiger partial charge is 0.488 e. The van der Waals surface area contributed by atoms with Crippen LogP contribution in [-0.2, 0) is 13.7 Å². The number of nitrogens with zero attached hydrogens (tertiary/aromatic N) is 2. The van der Waals surface area contributed by atoms with Gasteiger partial charge in [0.25, 0.3) is 0 Å². The van der Waals surface area contributed by atoms with Crippen LogP contribution in [0.2, 0.25) is 0 Å². The maximum Gasteiger partial charge on any atom is 0.128 e. The summed E-state index contributed by atoms with van der Waals surface area (Å²) in [7, 11) is 1.84. The van der Waals surface area contributed by atoms with Gasteiger partial charge in [-0.3, -0.25) is 4.68 Å². The van der Waals surface area contributed by atoms with Gasteiger partial charge in [-0.2, -0.15) is 5.10 Å². The Labute approximate surface area is 107 Å². The van der Waals surface area contributed by atoms with Gasteiger partial charge >= 0.3 is 0 Å². The van der Waals surface area contributed by atoms with Gasteiger partial charge in [0.05, 0.1) is 11.3 Å². The molecule has 0 aliphatic rings. The van der Waals surface area contributed by atoms with Crippen LogP contribution >= 0.6 is 0 Å². The fraction of sp³-hybridized carbons (Fsp3) is 0.357. The summed E-state index contributed by atoms with van der Waals surface area (Å²) in [6.45, 7) is 6.53. The highest BCUT2D eigenvalue weighted by Gasteiger charge is 2.11. The van der Waals surface area contributed by atoms with Gasteiger partial charge in [0, 0.05) is 7.05 Å². The summed E-state index contributed by atoms with van der Waals surface area (Å²) in [5.41, 5.74) is 10.2. The van der Waals surface area contributed by atoms with Crippen molar-refractivity contribution < 1.29 is 4.74 Å². The number of nitrogen functional groups attached to an aromatic ring is 1. The smallest absolute Gasteiger partial charge is 0.128 e. The van der Waals surface area contributed by atoms with Gasteiger partial charge in [-0.25, -0.2) is 0 Å². The van der Waals surface area contributed by atoms with E-state index >= 15 is 0 Å². The molecule has 96 valence electrons. The highest BCUT2D eigenvalue weighted by atomic mass is 16.5. The normalized spacial score (nSPS) is 10.7. The minimum atomic E-state index is 0.454. The first-order chi connectivity index (χ1) is 8.50. The van der Waals surface area contributed by atoms with E-state index in [0.717, 1.165) is 22.6 Å². The molecule has 0 saturated carbocycles. The van der Waals surface area contributed by atoms with Crippen molar-refractivity contribution in [2.45, 2.75) is 27.4 Å². The summed E-state index contributed by atoms with van der Waals surface area (Å²) < 4.78 is 7.52. The minimum absolute atomic E-state index is 0.454. The van der Waals surface area contributed by atoms with Crippen molar-refractivity contribution >= 4 is 5.82 Å². The van der Waals surface area contributed by atoms with E-state index < -0.39 is 0 Å². The van der Waals surface area contributed by atoms with Crippen molar-refractivity contribution in [3.63, 3.8) is 0 Å². The summed E-state index contributed by atoms with van der Waals surface area (Å²) in [6.07, 6.45) is 0. The van der Waals surface area contributed by atoms with Gasteiger partial charge in [0.15, 0.2) is 0 Å². The number of rotatable bonds is 3. The summed E-state index contributed by atoms with van der Waals surface area (Å²) >= 11 is 0. The molecule has 0 saturated heterocycles. The maximum atomic E-state index is 5.96. The number of nitrogens with two attached hydrogens (primary N) is 1. The fourth-order valence-corrected chi connectivity index (χ4v) is 1.93. The summed E-state index contributed by atoms with van der Waals surface area (Å²) in [5.74, 6) is 1.57. The first-order valence-electron chi connectivity index (χ1n) is 5.97. The topological polar surface area (TPSA) is 53.1 Å². The third-order valence-electron chi connectivity index (χ3n) is 3.32. The minimum Gasteiger partial charge on any atom is -0.488 e. The average Bonchev–Trinajstić information content (AvgIpc) is 2.56. The van der Waals surface area contributed by atoms with E-state index in [4.69, 9.17) is 10.5 Å². The number of aryl methyl sites for hydroxylation is 3. The van der Waals surface area contributed by atoms with E-state index in [1.807, 2.05) is 26.1 Å². The molecule has 0 bridgehead atoms. The third-order valence-corrected chi connectivity index (χ3v) is 3.32. The standard InChI is InChI=1S/C14H19N3O/c1-9-6-5-7-13(10(9)2)18-8-12-11(3)16-17(4)14(12)15/h5-7H,8,15H2,1-4H3. The predicted octanol–water partition coefficient (Wildman–Crippen LogP) is 2.51. The van der Waals surface area contributed by atoms with Crippen LogP contribution in [0.4, 0.5) is 5.82 Å². The van der Waals surface area contributed by atoms with Crippen LogP contribution in [0.1, 0.15) is 22.4 Å². The molecule has 1 aromatic heterocycles. The summed E-state index contributed by atoms with van der Waals surface area (Å²) in [4.78, 5) is 0. The van der Waals surface area contributed by atoms with Gasteiger partial charge < -0.3 is 10.5 Å². The molecule has 0 aliphatic heterocycles. The Morgan fingerprint density at radius 2 is 2.00 bits per heavy atom. The third kappa shape index (κ3) is 2.18. The molecular formula is C14H19N3O. The molecule has 1 heterocycles. The second-order valence-electron chi connectivity index (χ2n) is 4.56. The van der Waals surface area contributed by atoms with Crippen LogP contribution in [0.3, 0.4) is 0 Å². The lowest BCUT2D eigenvalue weighted by Crippen LogP contribution is -2.03. The molecule has 2 rings (SSSR count). The Bertz CT molecular complexity index is 573. The van der Waals surface area contributed by atoms with Crippen LogP contribution in [0.15, 0.2) is 18.2 Å². The van der Waals surface area contributed by atoms with Crippen molar-refractivity contribution in [3.05, 3.63) is 40.6 Å². The number of hydrogen-bond acceptors (Lipinski definition) is 3. The second kappa shape index (κ2) is 4.72. The first kappa shape index (κ1) is 12.5.